The van der Waals surface area contributed by atoms with Gasteiger partial charge < -0.3 is 10.4 Å². The number of aryl methyl sites for hydroxylation is 1. The molecule has 0 radical (unpaired) electrons. The summed E-state index contributed by atoms with van der Waals surface area (Å²) in [5.41, 5.74) is 1.65. The highest BCUT2D eigenvalue weighted by Gasteiger charge is 2.12. The van der Waals surface area contributed by atoms with Gasteiger partial charge in [-0.1, -0.05) is 34.8 Å². The van der Waals surface area contributed by atoms with Gasteiger partial charge in [0, 0.05) is 16.3 Å². The summed E-state index contributed by atoms with van der Waals surface area (Å²) in [6, 6.07) is 7.82. The number of aromatic hydroxyl groups is 1. The number of amides is 1. The zero-order valence-corrected chi connectivity index (χ0v) is 12.6. The Bertz CT molecular complexity index is 663. The van der Waals surface area contributed by atoms with Crippen LogP contribution in [0.2, 0.25) is 15.1 Å². The van der Waals surface area contributed by atoms with Crippen LogP contribution in [-0.4, -0.2) is 11.0 Å². The van der Waals surface area contributed by atoms with Gasteiger partial charge in [0.15, 0.2) is 5.75 Å². The van der Waals surface area contributed by atoms with Gasteiger partial charge in [0.2, 0.25) is 0 Å². The molecule has 0 bridgehead atoms. The highest BCUT2D eigenvalue weighted by Crippen LogP contribution is 2.34. The van der Waals surface area contributed by atoms with E-state index in [1.807, 2.05) is 0 Å². The van der Waals surface area contributed by atoms with Crippen LogP contribution in [0.15, 0.2) is 30.3 Å². The summed E-state index contributed by atoms with van der Waals surface area (Å²) in [7, 11) is 0. The molecule has 0 aromatic heterocycles. The number of carbonyl (C=O) groups is 1. The summed E-state index contributed by atoms with van der Waals surface area (Å²) in [4.78, 5) is 12.2. The fourth-order valence-electron chi connectivity index (χ4n) is 1.72. The fourth-order valence-corrected chi connectivity index (χ4v) is 2.43. The second-order valence-electron chi connectivity index (χ2n) is 4.20. The molecule has 0 spiro atoms. The number of anilines is 1. The van der Waals surface area contributed by atoms with Gasteiger partial charge >= 0.3 is 0 Å². The third kappa shape index (κ3) is 3.18. The Morgan fingerprint density at radius 1 is 1.10 bits per heavy atom. The van der Waals surface area contributed by atoms with Crippen molar-refractivity contribution in [2.24, 2.45) is 0 Å². The number of carbonyl (C=O) groups excluding carboxylic acids is 1. The third-order valence-corrected chi connectivity index (χ3v) is 3.52. The lowest BCUT2D eigenvalue weighted by Crippen LogP contribution is -2.13. The normalized spacial score (nSPS) is 10.4. The Balaban J connectivity index is 2.28. The monoisotopic (exact) mass is 329 g/mol. The zero-order chi connectivity index (χ0) is 14.9. The second kappa shape index (κ2) is 5.92. The maximum atomic E-state index is 12.2. The molecule has 104 valence electrons. The van der Waals surface area contributed by atoms with Gasteiger partial charge in [-0.15, -0.1) is 0 Å². The first-order valence-electron chi connectivity index (χ1n) is 5.64. The molecule has 2 rings (SSSR count). The summed E-state index contributed by atoms with van der Waals surface area (Å²) in [5.74, 6) is -0.522. The molecular weight excluding hydrogens is 321 g/mol. The van der Waals surface area contributed by atoms with E-state index in [0.29, 0.717) is 16.3 Å². The van der Waals surface area contributed by atoms with Crippen molar-refractivity contribution in [1.82, 2.24) is 0 Å². The maximum absolute atomic E-state index is 12.2. The first-order valence-corrected chi connectivity index (χ1v) is 6.77. The lowest BCUT2D eigenvalue weighted by Gasteiger charge is -2.09. The summed E-state index contributed by atoms with van der Waals surface area (Å²) in [6.45, 7) is 1.79. The van der Waals surface area contributed by atoms with Crippen LogP contribution in [0, 0.1) is 6.92 Å². The van der Waals surface area contributed by atoms with Gasteiger partial charge in [0.25, 0.3) is 5.91 Å². The predicted molar refractivity (Wildman–Crippen MR) is 82.3 cm³/mol. The molecule has 2 aromatic carbocycles. The standard InChI is InChI=1S/C14H10Cl3NO2/c1-7-4-8(15)2-3-10(7)14(20)18-9-5-11(16)13(19)12(17)6-9/h2-6,19H,1H3,(H,18,20). The van der Waals surface area contributed by atoms with Crippen LogP contribution in [0.1, 0.15) is 15.9 Å². The second-order valence-corrected chi connectivity index (χ2v) is 5.45. The third-order valence-electron chi connectivity index (χ3n) is 2.71. The summed E-state index contributed by atoms with van der Waals surface area (Å²) in [5, 5.41) is 12.8. The minimum Gasteiger partial charge on any atom is -0.505 e. The zero-order valence-electron chi connectivity index (χ0n) is 10.4. The number of phenolic OH excluding ortho intramolecular Hbond substituents is 1. The van der Waals surface area contributed by atoms with E-state index in [2.05, 4.69) is 5.32 Å². The summed E-state index contributed by atoms with van der Waals surface area (Å²) < 4.78 is 0. The fraction of sp³-hybridized carbons (Fsp3) is 0.0714. The molecule has 0 aliphatic carbocycles. The maximum Gasteiger partial charge on any atom is 0.255 e. The first kappa shape index (κ1) is 15.0. The lowest BCUT2D eigenvalue weighted by atomic mass is 10.1. The smallest absolute Gasteiger partial charge is 0.255 e. The van der Waals surface area contributed by atoms with Crippen molar-refractivity contribution in [3.8, 4) is 5.75 Å². The molecule has 2 aromatic rings. The van der Waals surface area contributed by atoms with E-state index in [1.54, 1.807) is 25.1 Å². The van der Waals surface area contributed by atoms with Crippen LogP contribution >= 0.6 is 34.8 Å². The van der Waals surface area contributed by atoms with Gasteiger partial charge in [-0.2, -0.15) is 0 Å². The Hall–Kier alpha value is -1.42. The van der Waals surface area contributed by atoms with Gasteiger partial charge in [-0.3, -0.25) is 4.79 Å². The number of halogens is 3. The highest BCUT2D eigenvalue weighted by molar-refractivity contribution is 6.37. The van der Waals surface area contributed by atoms with Crippen LogP contribution in [0.3, 0.4) is 0 Å². The molecule has 2 N–H and O–H groups in total. The molecule has 0 saturated heterocycles. The molecule has 0 fully saturated rings. The van der Waals surface area contributed by atoms with E-state index >= 15 is 0 Å². The number of hydrogen-bond donors (Lipinski definition) is 2. The first-order chi connectivity index (χ1) is 9.38. The molecule has 0 unspecified atom stereocenters. The number of hydrogen-bond acceptors (Lipinski definition) is 2. The van der Waals surface area contributed by atoms with E-state index in [0.717, 1.165) is 5.56 Å². The van der Waals surface area contributed by atoms with E-state index < -0.39 is 0 Å². The highest BCUT2D eigenvalue weighted by atomic mass is 35.5. The molecule has 0 atom stereocenters. The predicted octanol–water partition coefficient (Wildman–Crippen LogP) is 4.91. The average molecular weight is 331 g/mol. The van der Waals surface area contributed by atoms with E-state index in [1.165, 1.54) is 12.1 Å². The molecular formula is C14H10Cl3NO2. The Kier molecular flexibility index (Phi) is 4.43. The van der Waals surface area contributed by atoms with E-state index in [4.69, 9.17) is 34.8 Å². The Morgan fingerprint density at radius 2 is 1.70 bits per heavy atom. The molecule has 0 aliphatic rings. The number of nitrogens with one attached hydrogen (secondary N) is 1. The molecule has 0 aliphatic heterocycles. The number of phenols is 1. The minimum atomic E-state index is -0.308. The largest absolute Gasteiger partial charge is 0.505 e. The van der Waals surface area contributed by atoms with Gasteiger partial charge in [-0.05, 0) is 42.8 Å². The van der Waals surface area contributed by atoms with Crippen molar-refractivity contribution in [3.63, 3.8) is 0 Å². The topological polar surface area (TPSA) is 49.3 Å². The van der Waals surface area contributed by atoms with Crippen molar-refractivity contribution in [1.29, 1.82) is 0 Å². The lowest BCUT2D eigenvalue weighted by molar-refractivity contribution is 0.102. The molecule has 0 saturated carbocycles. The molecule has 0 heterocycles. The van der Waals surface area contributed by atoms with Crippen molar-refractivity contribution in [2.75, 3.05) is 5.32 Å². The summed E-state index contributed by atoms with van der Waals surface area (Å²) in [6.07, 6.45) is 0. The molecule has 6 heteroatoms. The number of benzene rings is 2. The van der Waals surface area contributed by atoms with Gasteiger partial charge in [0.1, 0.15) is 0 Å². The number of rotatable bonds is 2. The minimum absolute atomic E-state index is 0.0700. The average Bonchev–Trinajstić information content (AvgIpc) is 2.35. The Morgan fingerprint density at radius 3 is 2.25 bits per heavy atom. The van der Waals surface area contributed by atoms with Crippen LogP contribution in [0.25, 0.3) is 0 Å². The van der Waals surface area contributed by atoms with Gasteiger partial charge in [0.05, 0.1) is 10.0 Å². The van der Waals surface area contributed by atoms with Crippen LogP contribution in [0.5, 0.6) is 5.75 Å². The quantitative estimate of drug-likeness (QED) is 0.768. The SMILES string of the molecule is Cc1cc(Cl)ccc1C(=O)Nc1cc(Cl)c(O)c(Cl)c1. The van der Waals surface area contributed by atoms with Crippen LogP contribution < -0.4 is 5.32 Å². The molecule has 20 heavy (non-hydrogen) atoms. The van der Waals surface area contributed by atoms with Crippen molar-refractivity contribution in [2.45, 2.75) is 6.92 Å². The van der Waals surface area contributed by atoms with Crippen LogP contribution in [-0.2, 0) is 0 Å². The van der Waals surface area contributed by atoms with Crippen LogP contribution in [0.4, 0.5) is 5.69 Å². The van der Waals surface area contributed by atoms with Crippen molar-refractivity contribution < 1.29 is 9.90 Å². The van der Waals surface area contributed by atoms with Crippen molar-refractivity contribution in [3.05, 3.63) is 56.5 Å². The van der Waals surface area contributed by atoms with E-state index in [-0.39, 0.29) is 21.7 Å². The van der Waals surface area contributed by atoms with Gasteiger partial charge in [-0.25, -0.2) is 0 Å². The van der Waals surface area contributed by atoms with Crippen molar-refractivity contribution >= 4 is 46.4 Å². The molecule has 3 nitrogen and oxygen atoms in total. The summed E-state index contributed by atoms with van der Waals surface area (Å²) >= 11 is 17.4. The van der Waals surface area contributed by atoms with E-state index in [9.17, 15) is 9.90 Å². The Labute approximate surface area is 131 Å². The molecule has 1 amide bonds.